The smallest absolute Gasteiger partial charge is 0.272 e. The fourth-order valence-electron chi connectivity index (χ4n) is 2.67. The maximum absolute atomic E-state index is 12.5. The summed E-state index contributed by atoms with van der Waals surface area (Å²) in [6, 6.07) is 13.2. The number of anilines is 1. The summed E-state index contributed by atoms with van der Waals surface area (Å²) in [6.45, 7) is 4.95. The van der Waals surface area contributed by atoms with E-state index in [1.54, 1.807) is 21.9 Å². The van der Waals surface area contributed by atoms with Gasteiger partial charge in [-0.25, -0.2) is 4.98 Å². The van der Waals surface area contributed by atoms with Crippen molar-refractivity contribution in [3.8, 4) is 0 Å². The first-order chi connectivity index (χ1) is 11.0. The summed E-state index contributed by atoms with van der Waals surface area (Å²) >= 11 is 0. The number of hydrogen-bond acceptors (Lipinski definition) is 3. The zero-order valence-corrected chi connectivity index (χ0v) is 13.3. The second-order valence-electron chi connectivity index (χ2n) is 5.77. The number of nitrogens with zero attached hydrogens (tertiary/aromatic N) is 3. The summed E-state index contributed by atoms with van der Waals surface area (Å²) in [5.41, 5.74) is 3.21. The zero-order chi connectivity index (χ0) is 16.4. The van der Waals surface area contributed by atoms with Crippen LogP contribution in [-0.2, 0) is 4.79 Å². The third-order valence-electron chi connectivity index (χ3n) is 3.96. The Morgan fingerprint density at radius 3 is 2.43 bits per heavy atom. The van der Waals surface area contributed by atoms with Gasteiger partial charge in [-0.15, -0.1) is 0 Å². The van der Waals surface area contributed by atoms with Crippen LogP contribution in [0.25, 0.3) is 0 Å². The van der Waals surface area contributed by atoms with Crippen molar-refractivity contribution >= 4 is 17.5 Å². The normalized spacial score (nSPS) is 15.0. The molecule has 118 valence electrons. The van der Waals surface area contributed by atoms with E-state index >= 15 is 0 Å². The van der Waals surface area contributed by atoms with Gasteiger partial charge in [0.2, 0.25) is 5.91 Å². The molecule has 23 heavy (non-hydrogen) atoms. The van der Waals surface area contributed by atoms with Gasteiger partial charge in [-0.1, -0.05) is 23.8 Å². The van der Waals surface area contributed by atoms with Crippen molar-refractivity contribution < 1.29 is 9.59 Å². The summed E-state index contributed by atoms with van der Waals surface area (Å²) in [5, 5.41) is 0. The molecule has 1 aliphatic rings. The van der Waals surface area contributed by atoms with Crippen LogP contribution in [0, 0.1) is 13.8 Å². The lowest BCUT2D eigenvalue weighted by molar-refractivity contribution is -0.120. The van der Waals surface area contributed by atoms with Gasteiger partial charge in [0.05, 0.1) is 0 Å². The van der Waals surface area contributed by atoms with Crippen molar-refractivity contribution in [1.29, 1.82) is 0 Å². The molecule has 1 aliphatic heterocycles. The first-order valence-electron chi connectivity index (χ1n) is 7.64. The van der Waals surface area contributed by atoms with Crippen molar-refractivity contribution in [2.45, 2.75) is 13.8 Å². The van der Waals surface area contributed by atoms with Gasteiger partial charge in [0.25, 0.3) is 5.91 Å². The minimum atomic E-state index is -0.189. The number of carbonyl (C=O) groups excluding carboxylic acids is 2. The minimum Gasteiger partial charge on any atom is -0.326 e. The van der Waals surface area contributed by atoms with E-state index in [-0.39, 0.29) is 18.4 Å². The van der Waals surface area contributed by atoms with Crippen LogP contribution in [0.3, 0.4) is 0 Å². The minimum absolute atomic E-state index is 0.0684. The molecule has 0 N–H and O–H groups in total. The Kier molecular flexibility index (Phi) is 4.10. The first-order valence-corrected chi connectivity index (χ1v) is 7.64. The molecule has 0 saturated carbocycles. The molecule has 1 aromatic heterocycles. The average Bonchev–Trinajstić information content (AvgIpc) is 2.55. The molecule has 5 heteroatoms. The highest BCUT2D eigenvalue weighted by Crippen LogP contribution is 2.18. The highest BCUT2D eigenvalue weighted by atomic mass is 16.2. The molecule has 3 rings (SSSR count). The average molecular weight is 309 g/mol. The maximum atomic E-state index is 12.5. The van der Waals surface area contributed by atoms with Gasteiger partial charge in [0.15, 0.2) is 0 Å². The van der Waals surface area contributed by atoms with Crippen LogP contribution in [0.4, 0.5) is 5.69 Å². The number of amides is 2. The second-order valence-corrected chi connectivity index (χ2v) is 5.77. The Hall–Kier alpha value is -2.69. The lowest BCUT2D eigenvalue weighted by Gasteiger charge is -2.34. The Bertz CT molecular complexity index is 740. The molecule has 0 atom stereocenters. The quantitative estimate of drug-likeness (QED) is 0.854. The van der Waals surface area contributed by atoms with Crippen LogP contribution in [0.1, 0.15) is 21.7 Å². The summed E-state index contributed by atoms with van der Waals surface area (Å²) in [4.78, 5) is 32.4. The van der Waals surface area contributed by atoms with E-state index in [9.17, 15) is 9.59 Å². The molecule has 2 amide bonds. The third-order valence-corrected chi connectivity index (χ3v) is 3.96. The van der Waals surface area contributed by atoms with Gasteiger partial charge >= 0.3 is 0 Å². The summed E-state index contributed by atoms with van der Waals surface area (Å²) in [6.07, 6.45) is 0. The van der Waals surface area contributed by atoms with Crippen molar-refractivity contribution in [2.75, 3.05) is 24.5 Å². The predicted octanol–water partition coefficient (Wildman–Crippen LogP) is 2.19. The van der Waals surface area contributed by atoms with Crippen LogP contribution in [0.15, 0.2) is 42.5 Å². The van der Waals surface area contributed by atoms with Gasteiger partial charge in [0.1, 0.15) is 12.2 Å². The fourth-order valence-corrected chi connectivity index (χ4v) is 2.67. The zero-order valence-electron chi connectivity index (χ0n) is 13.3. The molecule has 1 fully saturated rings. The molecule has 2 heterocycles. The Morgan fingerprint density at radius 1 is 1.04 bits per heavy atom. The molecule has 0 aliphatic carbocycles. The Balaban J connectivity index is 1.72. The van der Waals surface area contributed by atoms with Crippen molar-refractivity contribution in [3.05, 3.63) is 59.4 Å². The topological polar surface area (TPSA) is 53.5 Å². The summed E-state index contributed by atoms with van der Waals surface area (Å²) in [5.74, 6) is -0.258. The Morgan fingerprint density at radius 2 is 1.78 bits per heavy atom. The molecular weight excluding hydrogens is 290 g/mol. The van der Waals surface area contributed by atoms with Gasteiger partial charge in [-0.05, 0) is 38.1 Å². The molecule has 1 aromatic carbocycles. The Labute approximate surface area is 135 Å². The number of carbonyl (C=O) groups is 2. The number of rotatable bonds is 2. The van der Waals surface area contributed by atoms with E-state index in [2.05, 4.69) is 4.98 Å². The SMILES string of the molecule is Cc1ccc(N2CCN(C(=O)c3cccc(C)n3)CC2=O)cc1. The number of pyridine rings is 1. The highest BCUT2D eigenvalue weighted by Gasteiger charge is 2.29. The van der Waals surface area contributed by atoms with Crippen LogP contribution in [-0.4, -0.2) is 41.3 Å². The van der Waals surface area contributed by atoms with Gasteiger partial charge < -0.3 is 9.80 Å². The fraction of sp³-hybridized carbons (Fsp3) is 0.278. The number of hydrogen-bond donors (Lipinski definition) is 0. The predicted molar refractivity (Wildman–Crippen MR) is 88.4 cm³/mol. The van der Waals surface area contributed by atoms with Crippen LogP contribution >= 0.6 is 0 Å². The monoisotopic (exact) mass is 309 g/mol. The lowest BCUT2D eigenvalue weighted by atomic mass is 10.2. The van der Waals surface area contributed by atoms with Crippen molar-refractivity contribution in [1.82, 2.24) is 9.88 Å². The van der Waals surface area contributed by atoms with E-state index in [0.717, 1.165) is 16.9 Å². The van der Waals surface area contributed by atoms with E-state index < -0.39 is 0 Å². The van der Waals surface area contributed by atoms with E-state index in [4.69, 9.17) is 0 Å². The van der Waals surface area contributed by atoms with Crippen LogP contribution < -0.4 is 4.90 Å². The lowest BCUT2D eigenvalue weighted by Crippen LogP contribution is -2.52. The molecule has 0 spiro atoms. The van der Waals surface area contributed by atoms with Gasteiger partial charge in [0, 0.05) is 24.5 Å². The molecule has 5 nitrogen and oxygen atoms in total. The standard InChI is InChI=1S/C18H19N3O2/c1-13-6-8-15(9-7-13)21-11-10-20(12-17(21)22)18(23)16-5-3-4-14(2)19-16/h3-9H,10-12H2,1-2H3. The van der Waals surface area contributed by atoms with Crippen molar-refractivity contribution in [2.24, 2.45) is 0 Å². The first kappa shape index (κ1) is 15.2. The van der Waals surface area contributed by atoms with E-state index in [1.165, 1.54) is 0 Å². The number of benzene rings is 1. The van der Waals surface area contributed by atoms with E-state index in [1.807, 2.05) is 44.2 Å². The molecule has 0 bridgehead atoms. The van der Waals surface area contributed by atoms with Crippen LogP contribution in [0.5, 0.6) is 0 Å². The molecule has 0 unspecified atom stereocenters. The molecule has 0 radical (unpaired) electrons. The second kappa shape index (κ2) is 6.20. The van der Waals surface area contributed by atoms with Crippen LogP contribution in [0.2, 0.25) is 0 Å². The summed E-state index contributed by atoms with van der Waals surface area (Å²) < 4.78 is 0. The number of aryl methyl sites for hydroxylation is 2. The largest absolute Gasteiger partial charge is 0.326 e. The number of piperazine rings is 1. The third kappa shape index (κ3) is 3.23. The highest BCUT2D eigenvalue weighted by molar-refractivity contribution is 6.01. The summed E-state index contributed by atoms with van der Waals surface area (Å²) in [7, 11) is 0. The van der Waals surface area contributed by atoms with Gasteiger partial charge in [-0.2, -0.15) is 0 Å². The maximum Gasteiger partial charge on any atom is 0.272 e. The molecular formula is C18H19N3O2. The number of aromatic nitrogens is 1. The van der Waals surface area contributed by atoms with Crippen molar-refractivity contribution in [3.63, 3.8) is 0 Å². The van der Waals surface area contributed by atoms with E-state index in [0.29, 0.717) is 18.8 Å². The van der Waals surface area contributed by atoms with Gasteiger partial charge in [-0.3, -0.25) is 9.59 Å². The molecule has 2 aromatic rings. The molecule has 1 saturated heterocycles.